The van der Waals surface area contributed by atoms with Crippen molar-refractivity contribution in [3.05, 3.63) is 5.89 Å². The van der Waals surface area contributed by atoms with Crippen LogP contribution < -0.4 is 10.6 Å². The van der Waals surface area contributed by atoms with E-state index in [4.69, 9.17) is 15.0 Å². The maximum atomic E-state index is 5.68. The van der Waals surface area contributed by atoms with E-state index in [9.17, 15) is 0 Å². The van der Waals surface area contributed by atoms with Crippen LogP contribution >= 0.6 is 0 Å². The summed E-state index contributed by atoms with van der Waals surface area (Å²) in [5.41, 5.74) is 5.68. The fraction of sp³-hybridized carbons (Fsp3) is 0.714. The predicted molar refractivity (Wildman–Crippen MR) is 47.4 cm³/mol. The summed E-state index contributed by atoms with van der Waals surface area (Å²) >= 11 is 0. The Morgan fingerprint density at radius 3 is 2.77 bits per heavy atom. The van der Waals surface area contributed by atoms with Gasteiger partial charge in [0.05, 0.1) is 6.61 Å². The molecule has 6 nitrogen and oxygen atoms in total. The van der Waals surface area contributed by atoms with Gasteiger partial charge in [0.15, 0.2) is 0 Å². The van der Waals surface area contributed by atoms with Crippen LogP contribution in [0.1, 0.15) is 11.9 Å². The van der Waals surface area contributed by atoms with Gasteiger partial charge >= 0.3 is 0 Å². The molecule has 1 unspecified atom stereocenters. The third-order valence-electron chi connectivity index (χ3n) is 1.49. The summed E-state index contributed by atoms with van der Waals surface area (Å²) < 4.78 is 9.79. The van der Waals surface area contributed by atoms with Crippen molar-refractivity contribution in [1.82, 2.24) is 10.1 Å². The molecule has 1 aromatic rings. The molecule has 0 aliphatic rings. The average molecular weight is 186 g/mol. The molecule has 1 atom stereocenters. The third kappa shape index (κ3) is 2.40. The summed E-state index contributed by atoms with van der Waals surface area (Å²) in [5.74, 6) is 0.909. The van der Waals surface area contributed by atoms with E-state index in [2.05, 4.69) is 10.1 Å². The summed E-state index contributed by atoms with van der Waals surface area (Å²) in [6.07, 6.45) is 0. The van der Waals surface area contributed by atoms with Gasteiger partial charge in [-0.05, 0) is 5.16 Å². The molecule has 0 saturated heterocycles. The highest BCUT2D eigenvalue weighted by atomic mass is 16.5. The van der Waals surface area contributed by atoms with Gasteiger partial charge < -0.3 is 19.9 Å². The number of hydrogen-bond donors (Lipinski definition) is 1. The van der Waals surface area contributed by atoms with Crippen molar-refractivity contribution >= 4 is 5.95 Å². The van der Waals surface area contributed by atoms with E-state index >= 15 is 0 Å². The van der Waals surface area contributed by atoms with Crippen LogP contribution in [0, 0.1) is 0 Å². The van der Waals surface area contributed by atoms with Crippen molar-refractivity contribution in [3.8, 4) is 0 Å². The lowest BCUT2D eigenvalue weighted by Gasteiger charge is -2.04. The number of nitrogens with zero attached hydrogens (tertiary/aromatic N) is 3. The second-order valence-corrected chi connectivity index (χ2v) is 2.89. The molecule has 1 heterocycles. The Morgan fingerprint density at radius 2 is 2.31 bits per heavy atom. The van der Waals surface area contributed by atoms with Crippen molar-refractivity contribution in [1.29, 1.82) is 0 Å². The van der Waals surface area contributed by atoms with E-state index in [1.165, 1.54) is 0 Å². The van der Waals surface area contributed by atoms with Crippen LogP contribution in [0.15, 0.2) is 4.52 Å². The molecule has 74 valence electrons. The Labute approximate surface area is 76.7 Å². The second-order valence-electron chi connectivity index (χ2n) is 2.89. The molecule has 2 N–H and O–H groups in total. The molecule has 0 aromatic carbocycles. The molecule has 0 bridgehead atoms. The Balaban J connectivity index is 2.67. The summed E-state index contributed by atoms with van der Waals surface area (Å²) in [5, 5.41) is 3.72. The highest BCUT2D eigenvalue weighted by molar-refractivity contribution is 5.24. The monoisotopic (exact) mass is 186 g/mol. The molecule has 1 rings (SSSR count). The lowest BCUT2D eigenvalue weighted by molar-refractivity contribution is 0.166. The number of methoxy groups -OCH3 is 1. The van der Waals surface area contributed by atoms with Gasteiger partial charge in [-0.1, -0.05) is 0 Å². The first kappa shape index (κ1) is 9.94. The lowest BCUT2D eigenvalue weighted by Crippen LogP contribution is -2.17. The largest absolute Gasteiger partial charge is 0.383 e. The van der Waals surface area contributed by atoms with Crippen LogP contribution in [0.2, 0.25) is 0 Å². The highest BCUT2D eigenvalue weighted by Gasteiger charge is 2.14. The van der Waals surface area contributed by atoms with Crippen molar-refractivity contribution in [2.24, 2.45) is 5.73 Å². The zero-order chi connectivity index (χ0) is 9.84. The molecule has 0 aliphatic carbocycles. The van der Waals surface area contributed by atoms with E-state index in [1.807, 2.05) is 14.1 Å². The molecule has 13 heavy (non-hydrogen) atoms. The van der Waals surface area contributed by atoms with Crippen LogP contribution in [-0.4, -0.2) is 38.0 Å². The standard InChI is InChI=1S/C7H14N4O2/c1-11(2)7-9-6(13-10-7)5(8)4-12-3/h5H,4,8H2,1-3H3. The van der Waals surface area contributed by atoms with Gasteiger partial charge in [-0.25, -0.2) is 0 Å². The minimum absolute atomic E-state index is 0.355. The minimum Gasteiger partial charge on any atom is -0.383 e. The Morgan fingerprint density at radius 1 is 1.62 bits per heavy atom. The first-order chi connectivity index (χ1) is 6.15. The quantitative estimate of drug-likeness (QED) is 0.700. The molecular formula is C7H14N4O2. The number of hydrogen-bond acceptors (Lipinski definition) is 6. The van der Waals surface area contributed by atoms with Crippen LogP contribution in [0.3, 0.4) is 0 Å². The molecule has 0 fully saturated rings. The molecular weight excluding hydrogens is 172 g/mol. The summed E-state index contributed by atoms with van der Waals surface area (Å²) in [6, 6.07) is -0.355. The fourth-order valence-electron chi connectivity index (χ4n) is 0.810. The second kappa shape index (κ2) is 4.20. The van der Waals surface area contributed by atoms with Gasteiger partial charge in [-0.2, -0.15) is 4.98 Å². The average Bonchev–Trinajstić information content (AvgIpc) is 2.52. The molecule has 0 saturated carbocycles. The van der Waals surface area contributed by atoms with E-state index in [-0.39, 0.29) is 6.04 Å². The fourth-order valence-corrected chi connectivity index (χ4v) is 0.810. The van der Waals surface area contributed by atoms with E-state index in [0.29, 0.717) is 18.4 Å². The normalized spacial score (nSPS) is 12.9. The zero-order valence-electron chi connectivity index (χ0n) is 8.02. The molecule has 0 amide bonds. The van der Waals surface area contributed by atoms with E-state index < -0.39 is 0 Å². The molecule has 0 spiro atoms. The van der Waals surface area contributed by atoms with Gasteiger partial charge in [-0.15, -0.1) is 0 Å². The molecule has 1 aromatic heterocycles. The van der Waals surface area contributed by atoms with Crippen LogP contribution in [0.25, 0.3) is 0 Å². The van der Waals surface area contributed by atoms with Gasteiger partial charge in [0, 0.05) is 21.2 Å². The van der Waals surface area contributed by atoms with Gasteiger partial charge in [0.25, 0.3) is 5.95 Å². The first-order valence-corrected chi connectivity index (χ1v) is 3.90. The minimum atomic E-state index is -0.355. The first-order valence-electron chi connectivity index (χ1n) is 3.90. The number of aromatic nitrogens is 2. The van der Waals surface area contributed by atoms with E-state index in [0.717, 1.165) is 0 Å². The Bertz CT molecular complexity index is 261. The van der Waals surface area contributed by atoms with Gasteiger partial charge in [0.2, 0.25) is 5.89 Å². The van der Waals surface area contributed by atoms with Crippen LogP contribution in [0.4, 0.5) is 5.95 Å². The molecule has 0 radical (unpaired) electrons. The van der Waals surface area contributed by atoms with Gasteiger partial charge in [0.1, 0.15) is 6.04 Å². The zero-order valence-corrected chi connectivity index (χ0v) is 8.02. The van der Waals surface area contributed by atoms with Crippen molar-refractivity contribution < 1.29 is 9.26 Å². The summed E-state index contributed by atoms with van der Waals surface area (Å²) in [7, 11) is 5.23. The summed E-state index contributed by atoms with van der Waals surface area (Å²) in [4.78, 5) is 5.81. The smallest absolute Gasteiger partial charge is 0.265 e. The number of rotatable bonds is 4. The molecule has 6 heteroatoms. The van der Waals surface area contributed by atoms with Crippen molar-refractivity contribution in [2.45, 2.75) is 6.04 Å². The number of nitrogens with two attached hydrogens (primary N) is 1. The Hall–Kier alpha value is -1.14. The number of anilines is 1. The topological polar surface area (TPSA) is 77.4 Å². The number of ether oxygens (including phenoxy) is 1. The van der Waals surface area contributed by atoms with Gasteiger partial charge in [-0.3, -0.25) is 0 Å². The Kier molecular flexibility index (Phi) is 3.21. The predicted octanol–water partition coefficient (Wildman–Crippen LogP) is -0.218. The maximum Gasteiger partial charge on any atom is 0.265 e. The third-order valence-corrected chi connectivity index (χ3v) is 1.49. The van der Waals surface area contributed by atoms with Crippen LogP contribution in [-0.2, 0) is 4.74 Å². The molecule has 0 aliphatic heterocycles. The van der Waals surface area contributed by atoms with Crippen LogP contribution in [0.5, 0.6) is 0 Å². The van der Waals surface area contributed by atoms with E-state index in [1.54, 1.807) is 12.0 Å². The lowest BCUT2D eigenvalue weighted by atomic mass is 10.3. The summed E-state index contributed by atoms with van der Waals surface area (Å²) in [6.45, 7) is 0.370. The SMILES string of the molecule is COCC(N)c1nc(N(C)C)no1. The van der Waals surface area contributed by atoms with Crippen molar-refractivity contribution in [2.75, 3.05) is 32.7 Å². The maximum absolute atomic E-state index is 5.68. The van der Waals surface area contributed by atoms with Crippen molar-refractivity contribution in [3.63, 3.8) is 0 Å². The highest BCUT2D eigenvalue weighted by Crippen LogP contribution is 2.11.